The van der Waals surface area contributed by atoms with Gasteiger partial charge in [-0.25, -0.2) is 9.78 Å². The van der Waals surface area contributed by atoms with E-state index in [1.54, 1.807) is 0 Å². The molecule has 8 heteroatoms. The van der Waals surface area contributed by atoms with Crippen LogP contribution in [0.3, 0.4) is 0 Å². The smallest absolute Gasteiger partial charge is 0.315 e. The molecule has 170 valence electrons. The third kappa shape index (κ3) is 6.43. The van der Waals surface area contributed by atoms with E-state index < -0.39 is 0 Å². The first kappa shape index (κ1) is 22.1. The van der Waals surface area contributed by atoms with Crippen LogP contribution in [0.4, 0.5) is 16.3 Å². The van der Waals surface area contributed by atoms with Crippen molar-refractivity contribution in [1.82, 2.24) is 20.5 Å². The number of carbonyl (C=O) groups excluding carboxylic acids is 2. The Bertz CT molecular complexity index is 892. The Morgan fingerprint density at radius 2 is 1.75 bits per heavy atom. The minimum absolute atomic E-state index is 0.00833. The lowest BCUT2D eigenvalue weighted by atomic mass is 10.1. The van der Waals surface area contributed by atoms with Crippen LogP contribution >= 0.6 is 0 Å². The van der Waals surface area contributed by atoms with Gasteiger partial charge in [-0.1, -0.05) is 18.2 Å². The molecule has 0 unspecified atom stereocenters. The van der Waals surface area contributed by atoms with Gasteiger partial charge >= 0.3 is 6.03 Å². The number of amides is 3. The van der Waals surface area contributed by atoms with Crippen molar-refractivity contribution in [3.63, 3.8) is 0 Å². The Morgan fingerprint density at radius 3 is 2.50 bits per heavy atom. The van der Waals surface area contributed by atoms with E-state index in [-0.39, 0.29) is 18.0 Å². The number of nitrogens with one attached hydrogen (secondary N) is 3. The summed E-state index contributed by atoms with van der Waals surface area (Å²) < 4.78 is 0. The molecule has 1 aromatic carbocycles. The predicted octanol–water partition coefficient (Wildman–Crippen LogP) is 2.58. The fourth-order valence-electron chi connectivity index (χ4n) is 4.27. The van der Waals surface area contributed by atoms with Gasteiger partial charge in [0.25, 0.3) is 0 Å². The van der Waals surface area contributed by atoms with Crippen molar-refractivity contribution in [2.24, 2.45) is 0 Å². The minimum Gasteiger partial charge on any atom is -0.357 e. The Labute approximate surface area is 189 Å². The molecule has 8 nitrogen and oxygen atoms in total. The van der Waals surface area contributed by atoms with Crippen molar-refractivity contribution in [2.75, 3.05) is 42.9 Å². The number of rotatable bonds is 7. The molecule has 32 heavy (non-hydrogen) atoms. The van der Waals surface area contributed by atoms with Gasteiger partial charge < -0.3 is 20.9 Å². The Kier molecular flexibility index (Phi) is 7.55. The third-order valence-electron chi connectivity index (χ3n) is 6.04. The van der Waals surface area contributed by atoms with E-state index in [0.717, 1.165) is 56.1 Å². The highest BCUT2D eigenvalue weighted by atomic mass is 16.2. The number of hydrogen-bond donors (Lipinski definition) is 3. The van der Waals surface area contributed by atoms with Crippen molar-refractivity contribution >= 4 is 23.4 Å². The third-order valence-corrected chi connectivity index (χ3v) is 6.04. The number of anilines is 2. The van der Waals surface area contributed by atoms with E-state index >= 15 is 0 Å². The molecule has 3 amide bonds. The van der Waals surface area contributed by atoms with Crippen molar-refractivity contribution in [2.45, 2.75) is 38.3 Å². The maximum atomic E-state index is 12.4. The van der Waals surface area contributed by atoms with E-state index in [9.17, 15) is 9.59 Å². The second-order valence-electron chi connectivity index (χ2n) is 8.51. The van der Waals surface area contributed by atoms with Gasteiger partial charge in [0.1, 0.15) is 5.82 Å². The Morgan fingerprint density at radius 1 is 1.00 bits per heavy atom. The maximum absolute atomic E-state index is 12.4. The summed E-state index contributed by atoms with van der Waals surface area (Å²) in [6.07, 6.45) is 5.90. The second-order valence-corrected chi connectivity index (χ2v) is 8.51. The van der Waals surface area contributed by atoms with Gasteiger partial charge in [-0.15, -0.1) is 0 Å². The number of nitrogens with zero attached hydrogens (tertiary/aromatic N) is 3. The van der Waals surface area contributed by atoms with E-state index in [1.807, 2.05) is 42.6 Å². The minimum atomic E-state index is -0.148. The van der Waals surface area contributed by atoms with Crippen LogP contribution in [0.15, 0.2) is 48.7 Å². The lowest BCUT2D eigenvalue weighted by Crippen LogP contribution is -2.48. The van der Waals surface area contributed by atoms with E-state index in [2.05, 4.69) is 36.8 Å². The van der Waals surface area contributed by atoms with Crippen LogP contribution in [0, 0.1) is 0 Å². The number of carbonyl (C=O) groups is 2. The van der Waals surface area contributed by atoms with Crippen LogP contribution in [0.2, 0.25) is 0 Å². The summed E-state index contributed by atoms with van der Waals surface area (Å²) in [5.41, 5.74) is 1.86. The molecule has 1 aromatic heterocycles. The molecule has 0 spiro atoms. The summed E-state index contributed by atoms with van der Waals surface area (Å²) in [7, 11) is 0. The molecule has 0 atom stereocenters. The monoisotopic (exact) mass is 436 g/mol. The standard InChI is InChI=1S/C24H32N6O2/c31-23(27-20-6-2-1-3-7-20)18-29-14-9-21(10-15-29)28-24(32)26-17-19-8-11-25-22(16-19)30-12-4-5-13-30/h1-3,6-8,11,16,21H,4-5,9-10,12-15,17-18H2,(H,27,31)(H2,26,28,32). The van der Waals surface area contributed by atoms with Gasteiger partial charge in [-0.2, -0.15) is 0 Å². The first-order chi connectivity index (χ1) is 15.7. The zero-order valence-electron chi connectivity index (χ0n) is 18.4. The molecule has 0 saturated carbocycles. The number of aromatic nitrogens is 1. The number of para-hydroxylation sites is 1. The van der Waals surface area contributed by atoms with Gasteiger partial charge in [0.05, 0.1) is 6.54 Å². The lowest BCUT2D eigenvalue weighted by molar-refractivity contribution is -0.117. The highest BCUT2D eigenvalue weighted by molar-refractivity contribution is 5.92. The van der Waals surface area contributed by atoms with Gasteiger partial charge in [0, 0.05) is 50.6 Å². The first-order valence-corrected chi connectivity index (χ1v) is 11.5. The quantitative estimate of drug-likeness (QED) is 0.621. The average Bonchev–Trinajstić information content (AvgIpc) is 3.35. The molecule has 0 radical (unpaired) electrons. The predicted molar refractivity (Wildman–Crippen MR) is 126 cm³/mol. The SMILES string of the molecule is O=C(CN1CCC(NC(=O)NCc2ccnc(N3CCCC3)c2)CC1)Nc1ccccc1. The highest BCUT2D eigenvalue weighted by Gasteiger charge is 2.22. The van der Waals surface area contributed by atoms with Crippen LogP contribution < -0.4 is 20.9 Å². The summed E-state index contributed by atoms with van der Waals surface area (Å²) in [6.45, 7) is 4.53. The van der Waals surface area contributed by atoms with E-state index in [1.165, 1.54) is 12.8 Å². The molecule has 2 saturated heterocycles. The summed E-state index contributed by atoms with van der Waals surface area (Å²) in [5.74, 6) is 0.983. The van der Waals surface area contributed by atoms with Gasteiger partial charge in [-0.3, -0.25) is 9.69 Å². The van der Waals surface area contributed by atoms with Crippen LogP contribution in [0.25, 0.3) is 0 Å². The van der Waals surface area contributed by atoms with Gasteiger partial charge in [0.2, 0.25) is 5.91 Å². The molecule has 0 aliphatic carbocycles. The zero-order valence-corrected chi connectivity index (χ0v) is 18.4. The number of benzene rings is 1. The van der Waals surface area contributed by atoms with Crippen LogP contribution in [-0.2, 0) is 11.3 Å². The zero-order chi connectivity index (χ0) is 22.2. The lowest BCUT2D eigenvalue weighted by Gasteiger charge is -2.31. The summed E-state index contributed by atoms with van der Waals surface area (Å²) in [4.78, 5) is 33.5. The topological polar surface area (TPSA) is 89.6 Å². The van der Waals surface area contributed by atoms with E-state index in [0.29, 0.717) is 13.1 Å². The highest BCUT2D eigenvalue weighted by Crippen LogP contribution is 2.18. The summed E-state index contributed by atoms with van der Waals surface area (Å²) >= 11 is 0. The fourth-order valence-corrected chi connectivity index (χ4v) is 4.27. The molecular weight excluding hydrogens is 404 g/mol. The van der Waals surface area contributed by atoms with Crippen molar-refractivity contribution in [1.29, 1.82) is 0 Å². The van der Waals surface area contributed by atoms with Gasteiger partial charge in [0.15, 0.2) is 0 Å². The van der Waals surface area contributed by atoms with Crippen LogP contribution in [0.1, 0.15) is 31.2 Å². The molecule has 2 fully saturated rings. The normalized spacial score (nSPS) is 17.2. The Balaban J connectivity index is 1.15. The van der Waals surface area contributed by atoms with E-state index in [4.69, 9.17) is 0 Å². The number of pyridine rings is 1. The van der Waals surface area contributed by atoms with Crippen LogP contribution in [0.5, 0.6) is 0 Å². The fraction of sp³-hybridized carbons (Fsp3) is 0.458. The molecule has 4 rings (SSSR count). The average molecular weight is 437 g/mol. The molecule has 3 N–H and O–H groups in total. The maximum Gasteiger partial charge on any atom is 0.315 e. The summed E-state index contributed by atoms with van der Waals surface area (Å²) in [6, 6.07) is 13.5. The molecule has 0 bridgehead atoms. The van der Waals surface area contributed by atoms with Gasteiger partial charge in [-0.05, 0) is 55.5 Å². The molecule has 2 aromatic rings. The molecule has 3 heterocycles. The number of hydrogen-bond acceptors (Lipinski definition) is 5. The largest absolute Gasteiger partial charge is 0.357 e. The van der Waals surface area contributed by atoms with Crippen molar-refractivity contribution in [3.8, 4) is 0 Å². The number of urea groups is 1. The van der Waals surface area contributed by atoms with Crippen molar-refractivity contribution < 1.29 is 9.59 Å². The summed E-state index contributed by atoms with van der Waals surface area (Å²) in [5, 5.41) is 8.95. The molecular formula is C24H32N6O2. The number of piperidine rings is 1. The van der Waals surface area contributed by atoms with Crippen molar-refractivity contribution in [3.05, 3.63) is 54.2 Å². The molecule has 2 aliphatic rings. The second kappa shape index (κ2) is 10.9. The first-order valence-electron chi connectivity index (χ1n) is 11.5. The van der Waals surface area contributed by atoms with Crippen LogP contribution in [-0.4, -0.2) is 60.6 Å². The Hall–Kier alpha value is -3.13. The number of likely N-dealkylation sites (tertiary alicyclic amines) is 1. The molecule has 2 aliphatic heterocycles.